The Morgan fingerprint density at radius 3 is 2.37 bits per heavy atom. The normalized spacial score (nSPS) is 17.7. The van der Waals surface area contributed by atoms with Crippen molar-refractivity contribution in [2.75, 3.05) is 4.90 Å². The van der Waals surface area contributed by atoms with Crippen LogP contribution >= 0.6 is 12.2 Å². The first-order valence-corrected chi connectivity index (χ1v) is 12.3. The van der Waals surface area contributed by atoms with Gasteiger partial charge in [-0.2, -0.15) is 0 Å². The number of rotatable bonds is 4. The number of nitrogens with one attached hydrogen (secondary N) is 1. The van der Waals surface area contributed by atoms with Gasteiger partial charge in [0.2, 0.25) is 0 Å². The van der Waals surface area contributed by atoms with Crippen LogP contribution in [0.25, 0.3) is 16.5 Å². The summed E-state index contributed by atoms with van der Waals surface area (Å²) in [5, 5.41) is 6.77. The second-order valence-electron chi connectivity index (χ2n) is 8.99. The lowest BCUT2D eigenvalue weighted by molar-refractivity contribution is 0.565. The van der Waals surface area contributed by atoms with Gasteiger partial charge in [-0.05, 0) is 73.4 Å². The number of thiocarbonyl (C=S) groups is 1. The molecule has 5 heteroatoms. The van der Waals surface area contributed by atoms with Crippen LogP contribution < -0.4 is 10.2 Å². The molecule has 1 aliphatic rings. The smallest absolute Gasteiger partial charge is 0.174 e. The quantitative estimate of drug-likeness (QED) is 0.290. The van der Waals surface area contributed by atoms with E-state index in [9.17, 15) is 0 Å². The van der Waals surface area contributed by atoms with Crippen LogP contribution in [0.4, 0.5) is 5.69 Å². The van der Waals surface area contributed by atoms with Gasteiger partial charge in [0.25, 0.3) is 0 Å². The molecule has 1 saturated heterocycles. The average molecular weight is 475 g/mol. The fraction of sp³-hybridized carbons (Fsp3) is 0.133. The molecule has 0 bridgehead atoms. The average Bonchev–Trinajstić information content (AvgIpc) is 3.39. The predicted molar refractivity (Wildman–Crippen MR) is 147 cm³/mol. The van der Waals surface area contributed by atoms with E-state index in [4.69, 9.17) is 17.2 Å². The Morgan fingerprint density at radius 2 is 1.57 bits per heavy atom. The molecular formula is C30H26N4S. The van der Waals surface area contributed by atoms with E-state index in [-0.39, 0.29) is 12.1 Å². The van der Waals surface area contributed by atoms with Crippen molar-refractivity contribution in [2.45, 2.75) is 25.9 Å². The van der Waals surface area contributed by atoms with Crippen LogP contribution in [0.1, 0.15) is 34.7 Å². The first-order chi connectivity index (χ1) is 17.1. The van der Waals surface area contributed by atoms with Gasteiger partial charge in [0, 0.05) is 28.7 Å². The highest BCUT2D eigenvalue weighted by molar-refractivity contribution is 7.80. The summed E-state index contributed by atoms with van der Waals surface area (Å²) in [4.78, 5) is 6.94. The van der Waals surface area contributed by atoms with Crippen molar-refractivity contribution in [3.05, 3.63) is 126 Å². The van der Waals surface area contributed by atoms with Crippen molar-refractivity contribution in [1.29, 1.82) is 0 Å². The van der Waals surface area contributed by atoms with Crippen LogP contribution in [0.15, 0.2) is 103 Å². The lowest BCUT2D eigenvalue weighted by Gasteiger charge is -2.28. The lowest BCUT2D eigenvalue weighted by Crippen LogP contribution is -2.29. The summed E-state index contributed by atoms with van der Waals surface area (Å²) < 4.78 is 2.37. The van der Waals surface area contributed by atoms with Crippen LogP contribution in [0, 0.1) is 13.8 Å². The van der Waals surface area contributed by atoms with Crippen molar-refractivity contribution in [2.24, 2.45) is 0 Å². The molecule has 0 aliphatic carbocycles. The maximum Gasteiger partial charge on any atom is 0.174 e. The van der Waals surface area contributed by atoms with Crippen LogP contribution in [0.2, 0.25) is 0 Å². The van der Waals surface area contributed by atoms with Gasteiger partial charge in [0.15, 0.2) is 5.11 Å². The first-order valence-electron chi connectivity index (χ1n) is 11.9. The molecule has 0 unspecified atom stereocenters. The zero-order valence-corrected chi connectivity index (χ0v) is 20.5. The third-order valence-corrected chi connectivity index (χ3v) is 7.24. The fourth-order valence-corrected chi connectivity index (χ4v) is 5.74. The summed E-state index contributed by atoms with van der Waals surface area (Å²) in [6.07, 6.45) is 1.85. The Balaban J connectivity index is 1.55. The van der Waals surface area contributed by atoms with Crippen LogP contribution in [0.3, 0.4) is 0 Å². The molecular weight excluding hydrogens is 448 g/mol. The summed E-state index contributed by atoms with van der Waals surface area (Å²) in [6.45, 7) is 4.39. The van der Waals surface area contributed by atoms with Gasteiger partial charge in [0.05, 0.1) is 23.5 Å². The molecule has 3 heterocycles. The van der Waals surface area contributed by atoms with E-state index < -0.39 is 0 Å². The molecule has 0 amide bonds. The second kappa shape index (κ2) is 8.67. The lowest BCUT2D eigenvalue weighted by atomic mass is 9.96. The number of hydrogen-bond acceptors (Lipinski definition) is 2. The number of para-hydroxylation sites is 1. The van der Waals surface area contributed by atoms with E-state index in [0.29, 0.717) is 5.11 Å². The molecule has 0 saturated carbocycles. The number of nitrogens with zero attached hydrogens (tertiary/aromatic N) is 3. The molecule has 172 valence electrons. The Morgan fingerprint density at radius 1 is 0.829 bits per heavy atom. The molecule has 1 aliphatic heterocycles. The van der Waals surface area contributed by atoms with Gasteiger partial charge in [-0.15, -0.1) is 0 Å². The number of pyridine rings is 1. The molecule has 2 aromatic heterocycles. The third kappa shape index (κ3) is 3.60. The van der Waals surface area contributed by atoms with Crippen molar-refractivity contribution >= 4 is 33.8 Å². The summed E-state index contributed by atoms with van der Waals surface area (Å²) in [5.74, 6) is 0. The summed E-state index contributed by atoms with van der Waals surface area (Å²) >= 11 is 5.90. The molecule has 3 aromatic carbocycles. The van der Waals surface area contributed by atoms with Crippen LogP contribution in [0.5, 0.6) is 0 Å². The molecule has 1 fully saturated rings. The highest BCUT2D eigenvalue weighted by Gasteiger charge is 2.42. The second-order valence-corrected chi connectivity index (χ2v) is 9.38. The number of aromatic nitrogens is 2. The van der Waals surface area contributed by atoms with Gasteiger partial charge in [-0.25, -0.2) is 0 Å². The Kier molecular flexibility index (Phi) is 5.34. The third-order valence-electron chi connectivity index (χ3n) is 6.93. The topological polar surface area (TPSA) is 33.1 Å². The van der Waals surface area contributed by atoms with E-state index in [0.717, 1.165) is 11.4 Å². The van der Waals surface area contributed by atoms with Gasteiger partial charge < -0.3 is 14.8 Å². The zero-order chi connectivity index (χ0) is 23.9. The van der Waals surface area contributed by atoms with E-state index in [2.05, 4.69) is 107 Å². The van der Waals surface area contributed by atoms with Crippen LogP contribution in [-0.4, -0.2) is 14.7 Å². The molecule has 0 spiro atoms. The predicted octanol–water partition coefficient (Wildman–Crippen LogP) is 6.82. The van der Waals surface area contributed by atoms with E-state index in [1.807, 2.05) is 24.4 Å². The van der Waals surface area contributed by atoms with Crippen molar-refractivity contribution < 1.29 is 0 Å². The minimum Gasteiger partial charge on any atom is -0.351 e. The first kappa shape index (κ1) is 21.6. The number of hydrogen-bond donors (Lipinski definition) is 1. The minimum atomic E-state index is -0.0645. The van der Waals surface area contributed by atoms with Crippen molar-refractivity contribution in [3.63, 3.8) is 0 Å². The number of aryl methyl sites for hydroxylation is 1. The van der Waals surface area contributed by atoms with E-state index >= 15 is 0 Å². The molecule has 2 atom stereocenters. The molecule has 1 N–H and O–H groups in total. The summed E-state index contributed by atoms with van der Waals surface area (Å²) in [5.41, 5.74) is 6.88. The molecule has 4 nitrogen and oxygen atoms in total. The Labute approximate surface area is 210 Å². The number of benzene rings is 3. The van der Waals surface area contributed by atoms with Gasteiger partial charge in [0.1, 0.15) is 0 Å². The summed E-state index contributed by atoms with van der Waals surface area (Å²) in [7, 11) is 0. The maximum absolute atomic E-state index is 5.90. The zero-order valence-electron chi connectivity index (χ0n) is 19.7. The Hall–Kier alpha value is -3.96. The van der Waals surface area contributed by atoms with Gasteiger partial charge in [-0.3, -0.25) is 4.98 Å². The van der Waals surface area contributed by atoms with Crippen molar-refractivity contribution in [1.82, 2.24) is 14.9 Å². The molecule has 0 radical (unpaired) electrons. The standard InChI is InChI=1S/C30H26N4S/c1-20-19-25(21(2)33(20)27-17-10-12-22-11-6-7-15-24(22)27)29-28(26-16-8-9-18-31-26)32-30(35)34(29)23-13-4-3-5-14-23/h3-19,28-29H,1-2H3,(H,32,35)/t28-,29+/m1/s1. The number of anilines is 1. The summed E-state index contributed by atoms with van der Waals surface area (Å²) in [6, 6.07) is 33.7. The minimum absolute atomic E-state index is 0.0327. The SMILES string of the molecule is Cc1cc([C@H]2[C@@H](c3ccccn3)NC(=S)N2c2ccccc2)c(C)n1-c1cccc2ccccc12. The van der Waals surface area contributed by atoms with Crippen molar-refractivity contribution in [3.8, 4) is 5.69 Å². The maximum atomic E-state index is 5.90. The molecule has 35 heavy (non-hydrogen) atoms. The van der Waals surface area contributed by atoms with Gasteiger partial charge >= 0.3 is 0 Å². The van der Waals surface area contributed by atoms with E-state index in [1.165, 1.54) is 33.4 Å². The molecule has 6 rings (SSSR count). The highest BCUT2D eigenvalue weighted by Crippen LogP contribution is 2.44. The van der Waals surface area contributed by atoms with E-state index in [1.54, 1.807) is 0 Å². The Bertz CT molecular complexity index is 1520. The number of fused-ring (bicyclic) bond motifs is 1. The highest BCUT2D eigenvalue weighted by atomic mass is 32.1. The fourth-order valence-electron chi connectivity index (χ4n) is 5.40. The van der Waals surface area contributed by atoms with Crippen LogP contribution in [-0.2, 0) is 0 Å². The monoisotopic (exact) mass is 474 g/mol. The largest absolute Gasteiger partial charge is 0.351 e. The van der Waals surface area contributed by atoms with Gasteiger partial charge in [-0.1, -0.05) is 60.7 Å². The molecule has 5 aromatic rings.